The van der Waals surface area contributed by atoms with Crippen LogP contribution in [-0.4, -0.2) is 45.5 Å². The van der Waals surface area contributed by atoms with E-state index in [4.69, 9.17) is 0 Å². The molecule has 2 aliphatic heterocycles. The van der Waals surface area contributed by atoms with Crippen molar-refractivity contribution in [1.29, 1.82) is 0 Å². The molecule has 2 amide bonds. The van der Waals surface area contributed by atoms with Gasteiger partial charge in [-0.25, -0.2) is 4.79 Å². The number of hydrogen-bond acceptors (Lipinski definition) is 5. The molecule has 8 heteroatoms. The molecular formula is C17H16N2O4S2. The summed E-state index contributed by atoms with van der Waals surface area (Å²) in [5.41, 5.74) is 1.56. The van der Waals surface area contributed by atoms with Gasteiger partial charge in [-0.15, -0.1) is 11.8 Å². The molecule has 2 N–H and O–H groups in total. The molecule has 0 aromatic heterocycles. The fraction of sp³-hybridized carbons (Fsp3) is 0.235. The Bertz CT molecular complexity index is 789. The smallest absolute Gasteiger partial charge is 0.354 e. The van der Waals surface area contributed by atoms with E-state index in [0.717, 1.165) is 5.56 Å². The Morgan fingerprint density at radius 1 is 1.36 bits per heavy atom. The summed E-state index contributed by atoms with van der Waals surface area (Å²) in [7, 11) is 0. The molecule has 1 aromatic carbocycles. The molecule has 1 saturated heterocycles. The highest BCUT2D eigenvalue weighted by Gasteiger charge is 2.52. The normalized spacial score (nSPS) is 20.5. The summed E-state index contributed by atoms with van der Waals surface area (Å²) in [6.07, 6.45) is 1.81. The molecule has 1 fully saturated rings. The number of rotatable bonds is 6. The molecule has 0 unspecified atom stereocenters. The number of carboxylic acid groups (broad SMARTS) is 1. The molecule has 130 valence electrons. The van der Waals surface area contributed by atoms with Crippen LogP contribution in [0.2, 0.25) is 0 Å². The molecule has 2 aliphatic rings. The number of nitrogens with zero attached hydrogens (tertiary/aromatic N) is 1. The third-order valence-corrected chi connectivity index (χ3v) is 6.25. The van der Waals surface area contributed by atoms with Crippen molar-refractivity contribution in [2.24, 2.45) is 0 Å². The van der Waals surface area contributed by atoms with E-state index in [1.54, 1.807) is 6.08 Å². The highest BCUT2D eigenvalue weighted by atomic mass is 32.2. The number of amides is 2. The van der Waals surface area contributed by atoms with Crippen molar-refractivity contribution in [3.05, 3.63) is 51.4 Å². The van der Waals surface area contributed by atoms with E-state index in [1.807, 2.05) is 30.3 Å². The molecule has 0 radical (unpaired) electrons. The van der Waals surface area contributed by atoms with Crippen LogP contribution < -0.4 is 5.32 Å². The van der Waals surface area contributed by atoms with Crippen molar-refractivity contribution in [1.82, 2.24) is 10.2 Å². The molecule has 1 aromatic rings. The minimum Gasteiger partial charge on any atom is -0.477 e. The zero-order valence-corrected chi connectivity index (χ0v) is 15.0. The zero-order valence-electron chi connectivity index (χ0n) is 13.4. The van der Waals surface area contributed by atoms with Gasteiger partial charge in [0.25, 0.3) is 5.91 Å². The lowest BCUT2D eigenvalue weighted by atomic mass is 10.0. The molecule has 0 spiro atoms. The summed E-state index contributed by atoms with van der Waals surface area (Å²) < 4.78 is 0.604. The van der Waals surface area contributed by atoms with E-state index in [2.05, 4.69) is 5.32 Å². The summed E-state index contributed by atoms with van der Waals surface area (Å²) in [4.78, 5) is 36.2. The maximum Gasteiger partial charge on any atom is 0.354 e. The van der Waals surface area contributed by atoms with Gasteiger partial charge in [0.05, 0.1) is 9.81 Å². The van der Waals surface area contributed by atoms with Gasteiger partial charge in [-0.05, 0) is 11.6 Å². The largest absolute Gasteiger partial charge is 0.477 e. The number of β-lactam (4-membered cyclic amide) rings is 1. The van der Waals surface area contributed by atoms with E-state index in [0.29, 0.717) is 22.1 Å². The van der Waals surface area contributed by atoms with Crippen LogP contribution in [0.3, 0.4) is 0 Å². The average molecular weight is 376 g/mol. The maximum absolute atomic E-state index is 12.4. The van der Waals surface area contributed by atoms with Crippen molar-refractivity contribution < 1.29 is 19.5 Å². The van der Waals surface area contributed by atoms with Crippen LogP contribution in [0.1, 0.15) is 12.5 Å². The first kappa shape index (κ1) is 17.6. The van der Waals surface area contributed by atoms with Crippen molar-refractivity contribution in [2.75, 3.05) is 12.3 Å². The van der Waals surface area contributed by atoms with Crippen LogP contribution in [0.25, 0.3) is 6.08 Å². The maximum atomic E-state index is 12.4. The number of carboxylic acids is 1. The quantitative estimate of drug-likeness (QED) is 0.449. The second kappa shape index (κ2) is 7.37. The Hall–Kier alpha value is -2.19. The molecule has 2 heterocycles. The molecule has 6 nitrogen and oxygen atoms in total. The summed E-state index contributed by atoms with van der Waals surface area (Å²) in [6, 6.07) is 9.47. The second-order valence-electron chi connectivity index (χ2n) is 5.43. The summed E-state index contributed by atoms with van der Waals surface area (Å²) >= 11 is 2.72. The molecule has 0 bridgehead atoms. The SMILES string of the molecule is CC(=O)NCCSC1=C(C(=O)O)N2C(=O)/C(=C/c3ccccc3)[C@H]2S1. The summed E-state index contributed by atoms with van der Waals surface area (Å²) in [6.45, 7) is 1.88. The Balaban J connectivity index is 1.74. The lowest BCUT2D eigenvalue weighted by Crippen LogP contribution is -2.51. The van der Waals surface area contributed by atoms with Gasteiger partial charge in [0, 0.05) is 19.2 Å². The predicted molar refractivity (Wildman–Crippen MR) is 98.4 cm³/mol. The van der Waals surface area contributed by atoms with Gasteiger partial charge in [0.1, 0.15) is 5.37 Å². The average Bonchev–Trinajstić information content (AvgIpc) is 2.93. The highest BCUT2D eigenvalue weighted by Crippen LogP contribution is 2.53. The van der Waals surface area contributed by atoms with Gasteiger partial charge in [-0.2, -0.15) is 0 Å². The van der Waals surface area contributed by atoms with Gasteiger partial charge in [0.15, 0.2) is 5.70 Å². The first-order valence-corrected chi connectivity index (χ1v) is 9.47. The van der Waals surface area contributed by atoms with E-state index >= 15 is 0 Å². The lowest BCUT2D eigenvalue weighted by Gasteiger charge is -2.36. The minimum atomic E-state index is -1.11. The van der Waals surface area contributed by atoms with Gasteiger partial charge in [-0.1, -0.05) is 42.1 Å². The number of aliphatic carboxylic acids is 1. The fourth-order valence-electron chi connectivity index (χ4n) is 2.54. The number of benzene rings is 1. The van der Waals surface area contributed by atoms with E-state index in [1.165, 1.54) is 35.3 Å². The summed E-state index contributed by atoms with van der Waals surface area (Å²) in [5.74, 6) is -0.954. The highest BCUT2D eigenvalue weighted by molar-refractivity contribution is 8.22. The molecule has 0 saturated carbocycles. The number of thioether (sulfide) groups is 2. The van der Waals surface area contributed by atoms with Gasteiger partial charge < -0.3 is 10.4 Å². The van der Waals surface area contributed by atoms with Gasteiger partial charge >= 0.3 is 5.97 Å². The van der Waals surface area contributed by atoms with Gasteiger partial charge in [-0.3, -0.25) is 14.5 Å². The Morgan fingerprint density at radius 2 is 2.08 bits per heavy atom. The Morgan fingerprint density at radius 3 is 2.72 bits per heavy atom. The molecular weight excluding hydrogens is 360 g/mol. The lowest BCUT2D eigenvalue weighted by molar-refractivity contribution is -0.141. The number of fused-ring (bicyclic) bond motifs is 1. The number of carbonyl (C=O) groups is 3. The zero-order chi connectivity index (χ0) is 18.0. The first-order chi connectivity index (χ1) is 12.0. The Labute approximate surface area is 153 Å². The van der Waals surface area contributed by atoms with Crippen LogP contribution in [0, 0.1) is 0 Å². The topological polar surface area (TPSA) is 86.7 Å². The third kappa shape index (κ3) is 3.59. The first-order valence-electron chi connectivity index (χ1n) is 7.60. The minimum absolute atomic E-state index is 0.0398. The van der Waals surface area contributed by atoms with Crippen molar-refractivity contribution in [3.8, 4) is 0 Å². The van der Waals surface area contributed by atoms with E-state index in [9.17, 15) is 19.5 Å². The number of carbonyl (C=O) groups excluding carboxylic acids is 2. The fourth-order valence-corrected chi connectivity index (χ4v) is 5.15. The summed E-state index contributed by atoms with van der Waals surface area (Å²) in [5, 5.41) is 11.9. The molecule has 3 rings (SSSR count). The van der Waals surface area contributed by atoms with E-state index < -0.39 is 5.97 Å². The predicted octanol–water partition coefficient (Wildman–Crippen LogP) is 2.11. The van der Waals surface area contributed by atoms with Crippen LogP contribution in [0.5, 0.6) is 0 Å². The number of hydrogen-bond donors (Lipinski definition) is 2. The standard InChI is InChI=1S/C17H16N2O4S2/c1-10(20)18-7-8-24-17-13(16(22)23)19-14(21)12(15(19)25-17)9-11-5-3-2-4-6-11/h2-6,9,15H,7-8H2,1H3,(H,18,20)(H,22,23)/b12-9-/t15-/m1/s1. The monoisotopic (exact) mass is 376 g/mol. The second-order valence-corrected chi connectivity index (χ2v) is 7.88. The van der Waals surface area contributed by atoms with Gasteiger partial charge in [0.2, 0.25) is 5.91 Å². The van der Waals surface area contributed by atoms with Crippen LogP contribution >= 0.6 is 23.5 Å². The molecule has 25 heavy (non-hydrogen) atoms. The number of nitrogens with one attached hydrogen (secondary N) is 1. The Kier molecular flexibility index (Phi) is 5.19. The molecule has 1 atom stereocenters. The van der Waals surface area contributed by atoms with Crippen molar-refractivity contribution >= 4 is 47.4 Å². The van der Waals surface area contributed by atoms with Crippen LogP contribution in [0.4, 0.5) is 0 Å². The van der Waals surface area contributed by atoms with Crippen molar-refractivity contribution in [3.63, 3.8) is 0 Å². The van der Waals surface area contributed by atoms with E-state index in [-0.39, 0.29) is 22.9 Å². The van der Waals surface area contributed by atoms with Crippen LogP contribution in [-0.2, 0) is 14.4 Å². The van der Waals surface area contributed by atoms with Crippen LogP contribution in [0.15, 0.2) is 45.8 Å². The third-order valence-electron chi connectivity index (χ3n) is 3.65. The van der Waals surface area contributed by atoms with Crippen molar-refractivity contribution in [2.45, 2.75) is 12.3 Å². The molecule has 0 aliphatic carbocycles.